The molecule has 0 fully saturated rings. The number of carbonyl (C=O) groups is 5. The van der Waals surface area contributed by atoms with Crippen molar-refractivity contribution in [3.8, 4) is 23.0 Å². The number of non-ortho nitro benzene ring substituents is 1. The Hall–Kier alpha value is -8.71. The number of phenolic OH excluding ortho intramolecular Hbond substituents is 3. The van der Waals surface area contributed by atoms with Crippen molar-refractivity contribution in [1.29, 1.82) is 0 Å². The molecule has 92 heavy (non-hydrogen) atoms. The van der Waals surface area contributed by atoms with Gasteiger partial charge in [0.05, 0.1) is 20.7 Å². The van der Waals surface area contributed by atoms with Crippen LogP contribution in [-0.2, 0) is 47.9 Å². The fourth-order valence-corrected chi connectivity index (χ4v) is 12.2. The number of phenols is 3. The van der Waals surface area contributed by atoms with E-state index in [1.165, 1.54) is 82.5 Å². The first-order valence-electron chi connectivity index (χ1n) is 28.6. The van der Waals surface area contributed by atoms with E-state index in [1.807, 2.05) is 57.2 Å². The monoisotopic (exact) mass is 1350 g/mol. The first-order chi connectivity index (χ1) is 43.7. The van der Waals surface area contributed by atoms with E-state index < -0.39 is 32.9 Å². The molecule has 0 spiro atoms. The zero-order valence-corrected chi connectivity index (χ0v) is 54.7. The Morgan fingerprint density at radius 3 is 1.32 bits per heavy atom. The van der Waals surface area contributed by atoms with Crippen LogP contribution in [-0.4, -0.2) is 106 Å². The number of pyridine rings is 2. The van der Waals surface area contributed by atoms with Crippen LogP contribution in [0.2, 0.25) is 0 Å². The molecule has 0 unspecified atom stereocenters. The number of nitro groups is 3. The second-order valence-electron chi connectivity index (χ2n) is 21.1. The van der Waals surface area contributed by atoms with E-state index in [9.17, 15) is 64.5 Å². The van der Waals surface area contributed by atoms with Gasteiger partial charge in [0, 0.05) is 60.0 Å². The van der Waals surface area contributed by atoms with Gasteiger partial charge in [0.25, 0.3) is 5.69 Å². The largest absolute Gasteiger partial charge is 0.513 e. The number of nitrogens with two attached hydrogens (primary N) is 1. The van der Waals surface area contributed by atoms with Crippen molar-refractivity contribution < 1.29 is 73.4 Å². The molecule has 30 heteroatoms. The van der Waals surface area contributed by atoms with Crippen LogP contribution in [0.15, 0.2) is 144 Å². The molecule has 2 amide bonds. The SMILES string of the molecule is C[C@@H](Cc1ccc(O)cc1)C[C@H](C)C(=O)NCC(=O)OCCSSc1ncccc1[N+](=O)[O-].C[C@@H](Cc1ccc(O)cc1)C[C@H](C)C(=O)NN.C[C@@H](Cc1ccc(O)cc1)C[C@H](C)C(=O)O.O=C(OCCSSc1ncccc1[N+](=O)[O-])Oc1ccc([N+](=O)[O-])cc1. The Morgan fingerprint density at radius 1 is 0.543 bits per heavy atom. The fraction of sp³-hybridized carbons (Fsp3) is 0.371. The lowest BCUT2D eigenvalue weighted by atomic mass is 9.91. The second kappa shape index (κ2) is 42.4. The van der Waals surface area contributed by atoms with Crippen LogP contribution in [0.5, 0.6) is 23.0 Å². The molecule has 0 aliphatic rings. The summed E-state index contributed by atoms with van der Waals surface area (Å²) in [4.78, 5) is 96.3. The van der Waals surface area contributed by atoms with E-state index in [0.717, 1.165) is 64.0 Å². The van der Waals surface area contributed by atoms with Crippen molar-refractivity contribution in [2.24, 2.45) is 41.4 Å². The molecule has 6 rings (SSSR count). The van der Waals surface area contributed by atoms with E-state index in [-0.39, 0.29) is 100 Å². The number of rotatable bonds is 31. The van der Waals surface area contributed by atoms with Crippen molar-refractivity contribution in [3.05, 3.63) is 181 Å². The maximum Gasteiger partial charge on any atom is 0.513 e. The number of carboxylic acid groups (broad SMARTS) is 1. The molecule has 6 atom stereocenters. The van der Waals surface area contributed by atoms with Crippen molar-refractivity contribution in [2.45, 2.75) is 90.1 Å². The van der Waals surface area contributed by atoms with E-state index >= 15 is 0 Å². The lowest BCUT2D eigenvalue weighted by molar-refractivity contribution is -0.388. The molecule has 8 N–H and O–H groups in total. The number of aromatic hydroxyl groups is 3. The van der Waals surface area contributed by atoms with Crippen molar-refractivity contribution in [1.82, 2.24) is 20.7 Å². The average Bonchev–Trinajstić information content (AvgIpc) is 1.61. The molecule has 496 valence electrons. The maximum atomic E-state index is 12.3. The summed E-state index contributed by atoms with van der Waals surface area (Å²) in [6.45, 7) is 11.6. The molecular formula is C62H76N8O18S4. The van der Waals surface area contributed by atoms with Gasteiger partial charge in [0.2, 0.25) is 11.8 Å². The zero-order chi connectivity index (χ0) is 68.1. The van der Waals surface area contributed by atoms with E-state index in [0.29, 0.717) is 41.2 Å². The van der Waals surface area contributed by atoms with E-state index in [1.54, 1.807) is 43.3 Å². The van der Waals surface area contributed by atoms with Crippen LogP contribution in [0.4, 0.5) is 21.9 Å². The highest BCUT2D eigenvalue weighted by atomic mass is 33.1. The summed E-state index contributed by atoms with van der Waals surface area (Å²) in [6, 6.07) is 31.9. The summed E-state index contributed by atoms with van der Waals surface area (Å²) in [5, 5.41) is 71.9. The molecule has 4 aromatic carbocycles. The number of carboxylic acids is 1. The van der Waals surface area contributed by atoms with Gasteiger partial charge in [0.15, 0.2) is 10.1 Å². The lowest BCUT2D eigenvalue weighted by Gasteiger charge is -2.17. The Balaban J connectivity index is 0.000000334. The standard InChI is InChI=1S/C22H27N3O6S2.C14H11N3O7S2.C13H20N2O2.C13H18O3/c1-15(13-17-5-7-18(26)8-6-17)12-16(2)21(28)24-14-20(27)31-10-11-32-33-22-19(25(29)30)4-3-9-23-22;18-14(24-11-5-3-10(4-6-11)16(19)20)23-8-9-25-26-13-12(17(21)22)2-1-7-15-13;1-9(7-10(2)13(17)15-14)8-11-3-5-12(16)6-4-11;1-9(7-10(2)13(15)16)8-11-3-5-12(14)6-4-11/h3-9,15-16,26H,10-14H2,1-2H3,(H,24,28);1-7H,8-9H2;3-6,9-10,16H,7-8,14H2,1-2H3,(H,15,17);3-6,9-10,14H,7-8H2,1-2H3,(H,15,16)/t15-,16+;;2*9-,10+/m1.11/s1. The van der Waals surface area contributed by atoms with Gasteiger partial charge < -0.3 is 40.0 Å². The number of hydrogen-bond donors (Lipinski definition) is 7. The number of benzene rings is 4. The smallest absolute Gasteiger partial charge is 0.508 e. The normalized spacial score (nSPS) is 12.5. The van der Waals surface area contributed by atoms with Gasteiger partial charge in [-0.3, -0.25) is 54.9 Å². The minimum absolute atomic E-state index is 0.0180. The zero-order valence-electron chi connectivity index (χ0n) is 51.4. The minimum Gasteiger partial charge on any atom is -0.508 e. The Labute approximate surface area is 547 Å². The number of esters is 1. The summed E-state index contributed by atoms with van der Waals surface area (Å²) in [7, 11) is 4.77. The number of nitrogens with one attached hydrogen (secondary N) is 2. The van der Waals surface area contributed by atoms with Crippen LogP contribution in [0.25, 0.3) is 0 Å². The Morgan fingerprint density at radius 2 is 0.935 bits per heavy atom. The number of amides is 2. The molecular weight excluding hydrogens is 1270 g/mol. The van der Waals surface area contributed by atoms with Crippen LogP contribution >= 0.6 is 43.2 Å². The van der Waals surface area contributed by atoms with Gasteiger partial charge in [0.1, 0.15) is 42.8 Å². The van der Waals surface area contributed by atoms with Gasteiger partial charge in [-0.25, -0.2) is 20.6 Å². The summed E-state index contributed by atoms with van der Waals surface area (Å²) in [5.74, 6) is 5.48. The van der Waals surface area contributed by atoms with Crippen LogP contribution < -0.4 is 21.3 Å². The molecule has 0 radical (unpaired) electrons. The van der Waals surface area contributed by atoms with E-state index in [2.05, 4.69) is 34.6 Å². The number of aromatic nitrogens is 2. The fourth-order valence-electron chi connectivity index (χ4n) is 8.48. The lowest BCUT2D eigenvalue weighted by Crippen LogP contribution is -2.35. The number of nitro benzene ring substituents is 1. The van der Waals surface area contributed by atoms with Gasteiger partial charge in [-0.15, -0.1) is 0 Å². The number of ether oxygens (including phenoxy) is 3. The summed E-state index contributed by atoms with van der Waals surface area (Å²) in [6.07, 6.45) is 6.64. The number of nitrogens with zero attached hydrogens (tertiary/aromatic N) is 5. The van der Waals surface area contributed by atoms with Crippen molar-refractivity contribution >= 4 is 90.1 Å². The molecule has 0 aliphatic carbocycles. The summed E-state index contributed by atoms with van der Waals surface area (Å²) in [5.41, 5.74) is 5.26. The van der Waals surface area contributed by atoms with Crippen molar-refractivity contribution in [2.75, 3.05) is 31.3 Å². The number of hydrogen-bond acceptors (Lipinski definition) is 24. The first-order valence-corrected chi connectivity index (χ1v) is 33.3. The quantitative estimate of drug-likeness (QED) is 0.00311. The molecule has 6 aromatic rings. The number of carbonyl (C=O) groups excluding carboxylic acids is 4. The predicted molar refractivity (Wildman–Crippen MR) is 352 cm³/mol. The Bertz CT molecular complexity index is 3290. The first kappa shape index (κ1) is 77.5. The van der Waals surface area contributed by atoms with Crippen LogP contribution in [0.1, 0.15) is 77.5 Å². The van der Waals surface area contributed by atoms with E-state index in [4.69, 9.17) is 30.3 Å². The topological polar surface area (TPSA) is 399 Å². The third-order valence-corrected chi connectivity index (χ3v) is 17.4. The molecule has 0 saturated carbocycles. The highest BCUT2D eigenvalue weighted by molar-refractivity contribution is 8.77. The molecule has 2 aromatic heterocycles. The molecule has 0 aliphatic heterocycles. The van der Waals surface area contributed by atoms with Gasteiger partial charge >= 0.3 is 29.5 Å². The molecule has 0 saturated heterocycles. The van der Waals surface area contributed by atoms with Crippen molar-refractivity contribution in [3.63, 3.8) is 0 Å². The van der Waals surface area contributed by atoms with Crippen LogP contribution in [0.3, 0.4) is 0 Å². The van der Waals surface area contributed by atoms with Gasteiger partial charge in [-0.2, -0.15) is 0 Å². The third-order valence-electron chi connectivity index (χ3n) is 12.9. The second-order valence-corrected chi connectivity index (χ2v) is 25.9. The maximum absolute atomic E-state index is 12.3. The average molecular weight is 1350 g/mol. The van der Waals surface area contributed by atoms with Gasteiger partial charge in [-0.1, -0.05) is 99.5 Å². The highest BCUT2D eigenvalue weighted by Gasteiger charge is 2.21. The predicted octanol–water partition coefficient (Wildman–Crippen LogP) is 12.1. The summed E-state index contributed by atoms with van der Waals surface area (Å²) >= 11 is 0. The van der Waals surface area contributed by atoms with Crippen LogP contribution in [0, 0.1) is 65.9 Å². The molecule has 26 nitrogen and oxygen atoms in total. The molecule has 2 heterocycles. The number of aliphatic carboxylic acids is 1. The third kappa shape index (κ3) is 31.8. The molecule has 0 bridgehead atoms. The van der Waals surface area contributed by atoms with Gasteiger partial charge in [-0.05, 0) is 155 Å². The minimum atomic E-state index is -0.951. The highest BCUT2D eigenvalue weighted by Crippen LogP contribution is 2.36. The number of hydrazine groups is 1. The Kier molecular flexibility index (Phi) is 35.7. The summed E-state index contributed by atoms with van der Waals surface area (Å²) < 4.78 is 14.8.